The van der Waals surface area contributed by atoms with E-state index in [4.69, 9.17) is 0 Å². The summed E-state index contributed by atoms with van der Waals surface area (Å²) in [6.45, 7) is 4.09. The van der Waals surface area contributed by atoms with Crippen LogP contribution in [0, 0.1) is 5.41 Å². The highest BCUT2D eigenvalue weighted by Gasteiger charge is 2.43. The van der Waals surface area contributed by atoms with Crippen LogP contribution in [0.25, 0.3) is 0 Å². The van der Waals surface area contributed by atoms with Crippen LogP contribution >= 0.6 is 0 Å². The maximum absolute atomic E-state index is 12.5. The Hall–Kier alpha value is -1.86. The molecule has 1 N–H and O–H groups in total. The molecule has 8 heteroatoms. The van der Waals surface area contributed by atoms with Crippen LogP contribution in [0.4, 0.5) is 19.0 Å². The van der Waals surface area contributed by atoms with Crippen LogP contribution in [0.2, 0.25) is 0 Å². The second-order valence-electron chi connectivity index (χ2n) is 5.80. The van der Waals surface area contributed by atoms with Crippen molar-refractivity contribution in [2.24, 2.45) is 5.41 Å². The second-order valence-corrected chi connectivity index (χ2v) is 5.80. The minimum absolute atomic E-state index is 0.156. The summed E-state index contributed by atoms with van der Waals surface area (Å²) < 4.78 is 37.4. The number of carbonyl (C=O) groups is 1. The second kappa shape index (κ2) is 5.16. The Labute approximate surface area is 119 Å². The molecular weight excluding hydrogens is 287 g/mol. The summed E-state index contributed by atoms with van der Waals surface area (Å²) in [6.07, 6.45) is -3.08. The van der Waals surface area contributed by atoms with E-state index in [9.17, 15) is 23.1 Å². The zero-order valence-corrected chi connectivity index (χ0v) is 11.7. The maximum Gasteiger partial charge on any atom is 0.435 e. The highest BCUT2D eigenvalue weighted by atomic mass is 19.4. The molecule has 5 nitrogen and oxygen atoms in total. The Kier molecular flexibility index (Phi) is 3.81. The highest BCUT2D eigenvalue weighted by molar-refractivity contribution is 5.79. The van der Waals surface area contributed by atoms with Crippen molar-refractivity contribution in [1.29, 1.82) is 0 Å². The molecule has 1 aromatic rings. The summed E-state index contributed by atoms with van der Waals surface area (Å²) in [7, 11) is 0. The largest absolute Gasteiger partial charge is 0.480 e. The molecule has 1 aromatic heterocycles. The van der Waals surface area contributed by atoms with Crippen LogP contribution in [0.15, 0.2) is 12.1 Å². The van der Waals surface area contributed by atoms with Gasteiger partial charge in [0.25, 0.3) is 0 Å². The Morgan fingerprint density at radius 3 is 2.52 bits per heavy atom. The maximum atomic E-state index is 12.5. The summed E-state index contributed by atoms with van der Waals surface area (Å²) in [5, 5.41) is 16.1. The van der Waals surface area contributed by atoms with E-state index in [-0.39, 0.29) is 5.82 Å². The van der Waals surface area contributed by atoms with E-state index >= 15 is 0 Å². The molecule has 2 heterocycles. The van der Waals surface area contributed by atoms with Crippen molar-refractivity contribution in [1.82, 2.24) is 10.2 Å². The first-order chi connectivity index (χ1) is 9.63. The lowest BCUT2D eigenvalue weighted by Crippen LogP contribution is -2.54. The first-order valence-corrected chi connectivity index (χ1v) is 6.53. The van der Waals surface area contributed by atoms with Crippen molar-refractivity contribution in [3.8, 4) is 0 Å². The summed E-state index contributed by atoms with van der Waals surface area (Å²) in [5.74, 6) is -0.857. The Bertz CT molecular complexity index is 528. The summed E-state index contributed by atoms with van der Waals surface area (Å²) in [5.41, 5.74) is -1.58. The van der Waals surface area contributed by atoms with Crippen LogP contribution in [0.3, 0.4) is 0 Å². The van der Waals surface area contributed by atoms with E-state index < -0.39 is 29.3 Å². The number of aromatic nitrogens is 2. The van der Waals surface area contributed by atoms with Crippen LogP contribution in [-0.2, 0) is 11.0 Å². The number of piperidine rings is 1. The van der Waals surface area contributed by atoms with Gasteiger partial charge in [-0.15, -0.1) is 10.2 Å². The average molecular weight is 303 g/mol. The lowest BCUT2D eigenvalue weighted by molar-refractivity contribution is -0.143. The summed E-state index contributed by atoms with van der Waals surface area (Å²) >= 11 is 0. The minimum atomic E-state index is -4.56. The molecule has 0 spiro atoms. The molecule has 1 unspecified atom stereocenters. The van der Waals surface area contributed by atoms with E-state index in [0.29, 0.717) is 6.54 Å². The van der Waals surface area contributed by atoms with E-state index in [0.717, 1.165) is 18.9 Å². The number of halogens is 3. The van der Waals surface area contributed by atoms with E-state index in [1.165, 1.54) is 11.0 Å². The molecule has 0 aliphatic carbocycles. The topological polar surface area (TPSA) is 66.3 Å². The molecule has 116 valence electrons. The smallest absolute Gasteiger partial charge is 0.435 e. The number of hydrogen-bond acceptors (Lipinski definition) is 4. The van der Waals surface area contributed by atoms with Crippen molar-refractivity contribution in [3.05, 3.63) is 17.8 Å². The molecule has 0 amide bonds. The zero-order valence-electron chi connectivity index (χ0n) is 11.7. The summed E-state index contributed by atoms with van der Waals surface area (Å²) in [4.78, 5) is 13.0. The molecule has 0 saturated carbocycles. The number of nitrogens with zero attached hydrogens (tertiary/aromatic N) is 3. The van der Waals surface area contributed by atoms with E-state index in [2.05, 4.69) is 10.2 Å². The monoisotopic (exact) mass is 303 g/mol. The molecule has 0 radical (unpaired) electrons. The first-order valence-electron chi connectivity index (χ1n) is 6.53. The van der Waals surface area contributed by atoms with Gasteiger partial charge in [0.2, 0.25) is 0 Å². The third-order valence-corrected chi connectivity index (χ3v) is 3.74. The quantitative estimate of drug-likeness (QED) is 0.909. The first kappa shape index (κ1) is 15.5. The van der Waals surface area contributed by atoms with Gasteiger partial charge in [-0.25, -0.2) is 4.79 Å². The molecular formula is C13H16F3N3O2. The van der Waals surface area contributed by atoms with Crippen molar-refractivity contribution in [3.63, 3.8) is 0 Å². The van der Waals surface area contributed by atoms with Crippen molar-refractivity contribution >= 4 is 11.8 Å². The molecule has 21 heavy (non-hydrogen) atoms. The molecule has 0 aromatic carbocycles. The lowest BCUT2D eigenvalue weighted by Gasteiger charge is -2.44. The van der Waals surface area contributed by atoms with Crippen LogP contribution < -0.4 is 4.90 Å². The predicted octanol–water partition coefficient (Wildman–Crippen LogP) is 2.58. The number of alkyl halides is 3. The molecule has 1 atom stereocenters. The normalized spacial score (nSPS) is 22.1. The van der Waals surface area contributed by atoms with E-state index in [1.807, 2.05) is 13.8 Å². The minimum Gasteiger partial charge on any atom is -0.480 e. The van der Waals surface area contributed by atoms with Gasteiger partial charge >= 0.3 is 12.1 Å². The fraction of sp³-hybridized carbons (Fsp3) is 0.615. The standard InChI is InChI=1S/C13H16F3N3O2/c1-12(2)6-3-7-19(10(12)11(20)21)9-5-4-8(17-18-9)13(14,15)16/h4-5,10H,3,6-7H2,1-2H3,(H,20,21). The fourth-order valence-corrected chi connectivity index (χ4v) is 2.74. The van der Waals surface area contributed by atoms with Gasteiger partial charge < -0.3 is 10.0 Å². The van der Waals surface area contributed by atoms with Gasteiger partial charge in [-0.2, -0.15) is 13.2 Å². The third kappa shape index (κ3) is 3.08. The van der Waals surface area contributed by atoms with Crippen molar-refractivity contribution in [2.75, 3.05) is 11.4 Å². The number of carboxylic acids is 1. The number of aliphatic carboxylic acids is 1. The number of hydrogen-bond donors (Lipinski definition) is 1. The van der Waals surface area contributed by atoms with Crippen LogP contribution in [-0.4, -0.2) is 33.9 Å². The summed E-state index contributed by atoms with van der Waals surface area (Å²) in [6, 6.07) is 1.16. The molecule has 2 rings (SSSR count). The molecule has 0 bridgehead atoms. The Balaban J connectivity index is 2.33. The fourth-order valence-electron chi connectivity index (χ4n) is 2.74. The average Bonchev–Trinajstić information content (AvgIpc) is 2.36. The zero-order chi connectivity index (χ0) is 15.8. The predicted molar refractivity (Wildman–Crippen MR) is 68.8 cm³/mol. The number of rotatable bonds is 2. The Morgan fingerprint density at radius 1 is 1.38 bits per heavy atom. The van der Waals surface area contributed by atoms with Gasteiger partial charge in [-0.1, -0.05) is 13.8 Å². The third-order valence-electron chi connectivity index (χ3n) is 3.74. The number of anilines is 1. The van der Waals surface area contributed by atoms with Crippen molar-refractivity contribution in [2.45, 2.75) is 38.9 Å². The van der Waals surface area contributed by atoms with Gasteiger partial charge in [0.15, 0.2) is 11.5 Å². The van der Waals surface area contributed by atoms with Gasteiger partial charge in [0, 0.05) is 6.54 Å². The van der Waals surface area contributed by atoms with Gasteiger partial charge in [0.05, 0.1) is 0 Å². The van der Waals surface area contributed by atoms with Crippen LogP contribution in [0.5, 0.6) is 0 Å². The van der Waals surface area contributed by atoms with Gasteiger partial charge in [-0.3, -0.25) is 0 Å². The Morgan fingerprint density at radius 2 is 2.05 bits per heavy atom. The molecule has 1 aliphatic heterocycles. The lowest BCUT2D eigenvalue weighted by atomic mass is 9.76. The molecule has 1 aliphatic rings. The van der Waals surface area contributed by atoms with Crippen molar-refractivity contribution < 1.29 is 23.1 Å². The highest BCUT2D eigenvalue weighted by Crippen LogP contribution is 2.37. The molecule has 1 fully saturated rings. The van der Waals surface area contributed by atoms with Crippen LogP contribution in [0.1, 0.15) is 32.4 Å². The molecule has 1 saturated heterocycles. The van der Waals surface area contributed by atoms with E-state index in [1.54, 1.807) is 0 Å². The SMILES string of the molecule is CC1(C)CCCN(c2ccc(C(F)(F)F)nn2)C1C(=O)O. The van der Waals surface area contributed by atoms with Gasteiger partial charge in [0.1, 0.15) is 6.04 Å². The van der Waals surface area contributed by atoms with Gasteiger partial charge in [-0.05, 0) is 30.4 Å². The number of carboxylic acid groups (broad SMARTS) is 1.